The molecule has 0 atom stereocenters. The highest BCUT2D eigenvalue weighted by molar-refractivity contribution is 7.26. The van der Waals surface area contributed by atoms with Gasteiger partial charge in [0.25, 0.3) is 0 Å². The van der Waals surface area contributed by atoms with Crippen molar-refractivity contribution >= 4 is 64.1 Å². The van der Waals surface area contributed by atoms with Gasteiger partial charge in [0.15, 0.2) is 0 Å². The van der Waals surface area contributed by atoms with Crippen LogP contribution in [0.25, 0.3) is 92.1 Å². The molecule has 8 aromatic carbocycles. The normalized spacial score (nSPS) is 11.8. The summed E-state index contributed by atoms with van der Waals surface area (Å²) in [6.45, 7) is 0. The van der Waals surface area contributed by atoms with Crippen molar-refractivity contribution in [1.82, 2.24) is 9.55 Å². The summed E-state index contributed by atoms with van der Waals surface area (Å²) in [6, 6.07) is 61.3. The van der Waals surface area contributed by atoms with Crippen LogP contribution in [-0.4, -0.2) is 9.55 Å². The summed E-state index contributed by atoms with van der Waals surface area (Å²) < 4.78 is 5.03. The van der Waals surface area contributed by atoms with Crippen molar-refractivity contribution in [3.8, 4) is 39.3 Å². The number of imidazole rings is 1. The summed E-state index contributed by atoms with van der Waals surface area (Å²) in [5, 5.41) is 7.44. The molecule has 0 fully saturated rings. The van der Waals surface area contributed by atoms with Crippen molar-refractivity contribution in [3.05, 3.63) is 170 Å². The molecule has 0 bridgehead atoms. The fourth-order valence-electron chi connectivity index (χ4n) is 7.41. The zero-order valence-electron chi connectivity index (χ0n) is 26.0. The lowest BCUT2D eigenvalue weighted by atomic mass is 9.99. The summed E-state index contributed by atoms with van der Waals surface area (Å²) in [6.07, 6.45) is 0. The van der Waals surface area contributed by atoms with Crippen LogP contribution in [0.5, 0.6) is 0 Å². The Balaban J connectivity index is 1.28. The van der Waals surface area contributed by atoms with Crippen LogP contribution in [0.15, 0.2) is 170 Å². The maximum absolute atomic E-state index is 5.52. The Kier molecular flexibility index (Phi) is 6.08. The van der Waals surface area contributed by atoms with Crippen LogP contribution in [0.4, 0.5) is 0 Å². The number of benzene rings is 8. The van der Waals surface area contributed by atoms with Crippen molar-refractivity contribution in [1.29, 1.82) is 0 Å². The molecule has 10 aromatic rings. The molecule has 0 saturated heterocycles. The van der Waals surface area contributed by atoms with Gasteiger partial charge < -0.3 is 0 Å². The molecule has 2 heterocycles. The monoisotopic (exact) mass is 628 g/mol. The van der Waals surface area contributed by atoms with Crippen LogP contribution in [0.3, 0.4) is 0 Å². The molecule has 0 amide bonds. The summed E-state index contributed by atoms with van der Waals surface area (Å²) >= 11 is 1.87. The standard InChI is InChI=1S/C45H28N2S/c1-2-13-29(14-3-1)30-15-10-17-32(27-30)45-46-42-38-22-6-4-19-35(38)36-20-5-7-23-39(36)43(42)47(45)33-18-11-16-31(28-33)34-24-12-25-40-37-21-8-9-26-41(37)48-44(34)40/h1-28H. The van der Waals surface area contributed by atoms with E-state index in [1.54, 1.807) is 0 Å². The fourth-order valence-corrected chi connectivity index (χ4v) is 8.64. The molecule has 0 radical (unpaired) electrons. The Labute approximate surface area is 281 Å². The smallest absolute Gasteiger partial charge is 0.145 e. The molecule has 224 valence electrons. The zero-order valence-corrected chi connectivity index (χ0v) is 26.8. The van der Waals surface area contributed by atoms with E-state index in [-0.39, 0.29) is 0 Å². The van der Waals surface area contributed by atoms with Gasteiger partial charge in [-0.1, -0.05) is 146 Å². The third-order valence-corrected chi connectivity index (χ3v) is 10.8. The largest absolute Gasteiger partial charge is 0.292 e. The van der Waals surface area contributed by atoms with Crippen molar-refractivity contribution in [3.63, 3.8) is 0 Å². The second-order valence-electron chi connectivity index (χ2n) is 12.3. The fraction of sp³-hybridized carbons (Fsp3) is 0. The minimum Gasteiger partial charge on any atom is -0.292 e. The van der Waals surface area contributed by atoms with E-state index in [9.17, 15) is 0 Å². The third kappa shape index (κ3) is 4.15. The second-order valence-corrected chi connectivity index (χ2v) is 13.4. The van der Waals surface area contributed by atoms with E-state index < -0.39 is 0 Å². The number of nitrogens with zero attached hydrogens (tertiary/aromatic N) is 2. The zero-order chi connectivity index (χ0) is 31.6. The Morgan fingerprint density at radius 1 is 0.417 bits per heavy atom. The van der Waals surface area contributed by atoms with Gasteiger partial charge in [-0.2, -0.15) is 0 Å². The maximum atomic E-state index is 5.52. The Morgan fingerprint density at radius 2 is 1.02 bits per heavy atom. The van der Waals surface area contributed by atoms with Crippen molar-refractivity contribution in [2.75, 3.05) is 0 Å². The molecule has 0 saturated carbocycles. The maximum Gasteiger partial charge on any atom is 0.145 e. The van der Waals surface area contributed by atoms with E-state index in [1.807, 2.05) is 11.3 Å². The summed E-state index contributed by atoms with van der Waals surface area (Å²) in [5.41, 5.74) is 9.13. The van der Waals surface area contributed by atoms with Crippen molar-refractivity contribution < 1.29 is 0 Å². The molecule has 48 heavy (non-hydrogen) atoms. The molecule has 3 heteroatoms. The van der Waals surface area contributed by atoms with E-state index in [0.717, 1.165) is 33.5 Å². The number of hydrogen-bond acceptors (Lipinski definition) is 2. The first-order valence-electron chi connectivity index (χ1n) is 16.3. The van der Waals surface area contributed by atoms with E-state index in [4.69, 9.17) is 4.98 Å². The predicted molar refractivity (Wildman–Crippen MR) is 205 cm³/mol. The van der Waals surface area contributed by atoms with Gasteiger partial charge in [-0.15, -0.1) is 11.3 Å². The molecule has 0 aliphatic carbocycles. The molecule has 0 spiro atoms. The lowest BCUT2D eigenvalue weighted by Gasteiger charge is -2.14. The quantitative estimate of drug-likeness (QED) is 0.177. The summed E-state index contributed by atoms with van der Waals surface area (Å²) in [5.74, 6) is 0.932. The van der Waals surface area contributed by atoms with Crippen molar-refractivity contribution in [2.45, 2.75) is 0 Å². The minimum atomic E-state index is 0.932. The molecule has 0 N–H and O–H groups in total. The minimum absolute atomic E-state index is 0.932. The van der Waals surface area contributed by atoms with E-state index in [2.05, 4.69) is 174 Å². The molecule has 0 unspecified atom stereocenters. The number of rotatable bonds is 4. The topological polar surface area (TPSA) is 17.8 Å². The van der Waals surface area contributed by atoms with E-state index in [1.165, 1.54) is 58.6 Å². The molecule has 0 aliphatic heterocycles. The van der Waals surface area contributed by atoms with Crippen LogP contribution in [-0.2, 0) is 0 Å². The predicted octanol–water partition coefficient (Wildman–Crippen LogP) is 12.7. The van der Waals surface area contributed by atoms with Gasteiger partial charge in [0.1, 0.15) is 5.82 Å². The van der Waals surface area contributed by atoms with Gasteiger partial charge in [-0.05, 0) is 57.3 Å². The second kappa shape index (κ2) is 10.8. The van der Waals surface area contributed by atoms with Crippen LogP contribution < -0.4 is 0 Å². The Hall–Kier alpha value is -6.03. The Bertz CT molecular complexity index is 2840. The van der Waals surface area contributed by atoms with Crippen LogP contribution in [0, 0.1) is 0 Å². The SMILES string of the molecule is c1ccc(-c2cccc(-c3nc4c5ccccc5c5ccccc5c4n3-c3cccc(-c4cccc5c4sc4ccccc45)c3)c2)cc1. The lowest BCUT2D eigenvalue weighted by Crippen LogP contribution is -1.99. The Morgan fingerprint density at radius 3 is 1.88 bits per heavy atom. The molecule has 10 rings (SSSR count). The van der Waals surface area contributed by atoms with Gasteiger partial charge >= 0.3 is 0 Å². The number of hydrogen-bond donors (Lipinski definition) is 0. The number of fused-ring (bicyclic) bond motifs is 9. The first-order chi connectivity index (χ1) is 23.8. The van der Waals surface area contributed by atoms with Gasteiger partial charge in [0.05, 0.1) is 11.0 Å². The summed E-state index contributed by atoms with van der Waals surface area (Å²) in [4.78, 5) is 5.52. The van der Waals surface area contributed by atoms with Crippen molar-refractivity contribution in [2.24, 2.45) is 0 Å². The van der Waals surface area contributed by atoms with Gasteiger partial charge in [0.2, 0.25) is 0 Å². The molecule has 0 aliphatic rings. The van der Waals surface area contributed by atoms with Gasteiger partial charge in [-0.3, -0.25) is 4.57 Å². The third-order valence-electron chi connectivity index (χ3n) is 9.58. The highest BCUT2D eigenvalue weighted by atomic mass is 32.1. The van der Waals surface area contributed by atoms with E-state index >= 15 is 0 Å². The van der Waals surface area contributed by atoms with Crippen LogP contribution >= 0.6 is 11.3 Å². The average Bonchev–Trinajstić information content (AvgIpc) is 3.76. The lowest BCUT2D eigenvalue weighted by molar-refractivity contribution is 1.11. The molecule has 2 aromatic heterocycles. The van der Waals surface area contributed by atoms with Crippen LogP contribution in [0.1, 0.15) is 0 Å². The van der Waals surface area contributed by atoms with E-state index in [0.29, 0.717) is 0 Å². The average molecular weight is 629 g/mol. The van der Waals surface area contributed by atoms with Gasteiger partial charge in [0, 0.05) is 42.2 Å². The summed E-state index contributed by atoms with van der Waals surface area (Å²) in [7, 11) is 0. The molecular formula is C45H28N2S. The first kappa shape index (κ1) is 27.1. The highest BCUT2D eigenvalue weighted by Crippen LogP contribution is 2.42. The number of aromatic nitrogens is 2. The number of thiophene rings is 1. The van der Waals surface area contributed by atoms with Gasteiger partial charge in [-0.25, -0.2) is 4.98 Å². The molecular weight excluding hydrogens is 601 g/mol. The highest BCUT2D eigenvalue weighted by Gasteiger charge is 2.21. The molecule has 2 nitrogen and oxygen atoms in total. The first-order valence-corrected chi connectivity index (χ1v) is 17.1. The van der Waals surface area contributed by atoms with Crippen LogP contribution in [0.2, 0.25) is 0 Å².